The SMILES string of the molecule is C(=N\Nc1nc(Nc2cccc3ccccc23)nc(N2CCOCC2)n1)/c1ccc2c(c1)OCO2. The average Bonchev–Trinajstić information content (AvgIpc) is 3.37. The zero-order valence-electron chi connectivity index (χ0n) is 18.8. The van der Waals surface area contributed by atoms with E-state index in [1.165, 1.54) is 0 Å². The lowest BCUT2D eigenvalue weighted by Crippen LogP contribution is -2.37. The van der Waals surface area contributed by atoms with E-state index in [1.54, 1.807) is 6.21 Å². The molecular weight excluding hydrogens is 446 g/mol. The summed E-state index contributed by atoms with van der Waals surface area (Å²) in [4.78, 5) is 15.9. The highest BCUT2D eigenvalue weighted by Gasteiger charge is 2.17. The van der Waals surface area contributed by atoms with Crippen molar-refractivity contribution in [3.63, 3.8) is 0 Å². The van der Waals surface area contributed by atoms with Crippen molar-refractivity contribution in [2.24, 2.45) is 5.10 Å². The molecule has 0 aliphatic carbocycles. The van der Waals surface area contributed by atoms with E-state index in [0.717, 1.165) is 27.8 Å². The van der Waals surface area contributed by atoms with Gasteiger partial charge in [0.2, 0.25) is 24.6 Å². The third-order valence-corrected chi connectivity index (χ3v) is 5.73. The molecule has 2 aliphatic heterocycles. The molecule has 0 atom stereocenters. The smallest absolute Gasteiger partial charge is 0.250 e. The van der Waals surface area contributed by atoms with Crippen LogP contribution in [0.5, 0.6) is 11.5 Å². The molecule has 6 rings (SSSR count). The van der Waals surface area contributed by atoms with Gasteiger partial charge in [-0.3, -0.25) is 0 Å². The molecule has 1 aromatic heterocycles. The molecule has 10 heteroatoms. The minimum atomic E-state index is 0.232. The molecule has 3 aromatic carbocycles. The molecule has 176 valence electrons. The average molecular weight is 470 g/mol. The third-order valence-electron chi connectivity index (χ3n) is 5.73. The topological polar surface area (TPSA) is 106 Å². The van der Waals surface area contributed by atoms with E-state index < -0.39 is 0 Å². The largest absolute Gasteiger partial charge is 0.454 e. The van der Waals surface area contributed by atoms with E-state index in [-0.39, 0.29) is 6.79 Å². The molecule has 0 saturated carbocycles. The zero-order valence-corrected chi connectivity index (χ0v) is 18.8. The number of nitrogens with one attached hydrogen (secondary N) is 2. The summed E-state index contributed by atoms with van der Waals surface area (Å²) < 4.78 is 16.3. The van der Waals surface area contributed by atoms with Crippen LogP contribution in [0.3, 0.4) is 0 Å². The Morgan fingerprint density at radius 2 is 1.69 bits per heavy atom. The maximum absolute atomic E-state index is 5.48. The molecule has 0 amide bonds. The summed E-state index contributed by atoms with van der Waals surface area (Å²) in [5, 5.41) is 9.90. The van der Waals surface area contributed by atoms with Crippen LogP contribution in [0.4, 0.5) is 23.5 Å². The first-order valence-electron chi connectivity index (χ1n) is 11.3. The summed E-state index contributed by atoms with van der Waals surface area (Å²) in [6.45, 7) is 2.90. The van der Waals surface area contributed by atoms with Crippen LogP contribution in [0.1, 0.15) is 5.56 Å². The van der Waals surface area contributed by atoms with Gasteiger partial charge in [-0.25, -0.2) is 5.43 Å². The number of morpholine rings is 1. The quantitative estimate of drug-likeness (QED) is 0.322. The fraction of sp³-hybridized carbons (Fsp3) is 0.200. The summed E-state index contributed by atoms with van der Waals surface area (Å²) in [5.74, 6) is 2.75. The highest BCUT2D eigenvalue weighted by molar-refractivity contribution is 5.95. The number of ether oxygens (including phenoxy) is 3. The normalized spacial score (nSPS) is 15.0. The number of fused-ring (bicyclic) bond motifs is 2. The van der Waals surface area contributed by atoms with Gasteiger partial charge in [-0.15, -0.1) is 0 Å². The van der Waals surface area contributed by atoms with Crippen molar-refractivity contribution in [3.05, 3.63) is 66.2 Å². The lowest BCUT2D eigenvalue weighted by Gasteiger charge is -2.27. The molecule has 1 fully saturated rings. The fourth-order valence-electron chi connectivity index (χ4n) is 3.99. The van der Waals surface area contributed by atoms with Crippen molar-refractivity contribution in [1.82, 2.24) is 15.0 Å². The van der Waals surface area contributed by atoms with E-state index in [0.29, 0.717) is 49.9 Å². The first-order chi connectivity index (χ1) is 17.3. The highest BCUT2D eigenvalue weighted by atomic mass is 16.7. The lowest BCUT2D eigenvalue weighted by atomic mass is 10.1. The van der Waals surface area contributed by atoms with Crippen LogP contribution < -0.4 is 25.1 Å². The van der Waals surface area contributed by atoms with E-state index in [2.05, 4.69) is 53.9 Å². The summed E-state index contributed by atoms with van der Waals surface area (Å²) in [5.41, 5.74) is 4.71. The Hall–Kier alpha value is -4.44. The molecule has 0 spiro atoms. The Bertz CT molecular complexity index is 1380. The second-order valence-electron chi connectivity index (χ2n) is 8.02. The molecule has 4 aromatic rings. The second kappa shape index (κ2) is 9.43. The van der Waals surface area contributed by atoms with Gasteiger partial charge in [-0.2, -0.15) is 20.1 Å². The predicted molar refractivity (Wildman–Crippen MR) is 134 cm³/mol. The van der Waals surface area contributed by atoms with Crippen molar-refractivity contribution >= 4 is 40.5 Å². The van der Waals surface area contributed by atoms with E-state index in [9.17, 15) is 0 Å². The van der Waals surface area contributed by atoms with E-state index in [4.69, 9.17) is 14.2 Å². The summed E-state index contributed by atoms with van der Waals surface area (Å²) in [6.07, 6.45) is 1.68. The number of benzene rings is 3. The molecular formula is C25H23N7O3. The minimum Gasteiger partial charge on any atom is -0.454 e. The number of hydrogen-bond acceptors (Lipinski definition) is 10. The predicted octanol–water partition coefficient (Wildman–Crippen LogP) is 3.78. The molecule has 2 N–H and O–H groups in total. The van der Waals surface area contributed by atoms with Crippen molar-refractivity contribution in [1.29, 1.82) is 0 Å². The van der Waals surface area contributed by atoms with Crippen molar-refractivity contribution < 1.29 is 14.2 Å². The van der Waals surface area contributed by atoms with Gasteiger partial charge in [-0.1, -0.05) is 36.4 Å². The Morgan fingerprint density at radius 3 is 2.63 bits per heavy atom. The van der Waals surface area contributed by atoms with Crippen molar-refractivity contribution in [2.45, 2.75) is 0 Å². The van der Waals surface area contributed by atoms with Gasteiger partial charge in [0.25, 0.3) is 0 Å². The number of hydrogen-bond donors (Lipinski definition) is 2. The Balaban J connectivity index is 1.28. The molecule has 2 aliphatic rings. The number of hydrazone groups is 1. The minimum absolute atomic E-state index is 0.232. The third kappa shape index (κ3) is 4.64. The van der Waals surface area contributed by atoms with Crippen molar-refractivity contribution in [3.8, 4) is 11.5 Å². The summed E-state index contributed by atoms with van der Waals surface area (Å²) in [6, 6.07) is 19.9. The van der Waals surface area contributed by atoms with Crippen LogP contribution in [-0.2, 0) is 4.74 Å². The van der Waals surface area contributed by atoms with Crippen LogP contribution in [0, 0.1) is 0 Å². The van der Waals surface area contributed by atoms with Crippen LogP contribution in [0.15, 0.2) is 65.8 Å². The van der Waals surface area contributed by atoms with Crippen LogP contribution in [-0.4, -0.2) is 54.3 Å². The molecule has 0 bridgehead atoms. The first kappa shape index (κ1) is 21.1. The molecule has 1 saturated heterocycles. The number of nitrogens with zero attached hydrogens (tertiary/aromatic N) is 5. The maximum atomic E-state index is 5.48. The van der Waals surface area contributed by atoms with Gasteiger partial charge in [0, 0.05) is 24.2 Å². The Kier molecular flexibility index (Phi) is 5.69. The molecule has 35 heavy (non-hydrogen) atoms. The van der Waals surface area contributed by atoms with Crippen LogP contribution in [0.2, 0.25) is 0 Å². The molecule has 0 radical (unpaired) electrons. The van der Waals surface area contributed by atoms with Gasteiger partial charge in [-0.05, 0) is 35.2 Å². The number of aromatic nitrogens is 3. The highest BCUT2D eigenvalue weighted by Crippen LogP contribution is 2.32. The molecule has 10 nitrogen and oxygen atoms in total. The standard InChI is InChI=1S/C25H23N7O3/c1-2-6-19-18(4-1)5-3-7-20(19)27-23-28-24(30-25(29-23)32-10-12-33-13-11-32)31-26-15-17-8-9-21-22(14-17)35-16-34-21/h1-9,14-15H,10-13,16H2,(H2,27,28,29,30,31)/b26-15+. The van der Waals surface area contributed by atoms with Crippen LogP contribution in [0.25, 0.3) is 10.8 Å². The Labute approximate surface area is 201 Å². The van der Waals surface area contributed by atoms with Gasteiger partial charge < -0.3 is 24.4 Å². The van der Waals surface area contributed by atoms with Gasteiger partial charge in [0.15, 0.2) is 11.5 Å². The fourth-order valence-corrected chi connectivity index (χ4v) is 3.99. The van der Waals surface area contributed by atoms with Gasteiger partial charge in [0.05, 0.1) is 19.4 Å². The lowest BCUT2D eigenvalue weighted by molar-refractivity contribution is 0.122. The first-order valence-corrected chi connectivity index (χ1v) is 11.3. The maximum Gasteiger partial charge on any atom is 0.250 e. The number of anilines is 4. The Morgan fingerprint density at radius 1 is 0.857 bits per heavy atom. The van der Waals surface area contributed by atoms with Gasteiger partial charge >= 0.3 is 0 Å². The summed E-state index contributed by atoms with van der Waals surface area (Å²) in [7, 11) is 0. The monoisotopic (exact) mass is 469 g/mol. The van der Waals surface area contributed by atoms with E-state index >= 15 is 0 Å². The number of rotatable bonds is 6. The van der Waals surface area contributed by atoms with E-state index in [1.807, 2.05) is 42.5 Å². The zero-order chi connectivity index (χ0) is 23.5. The van der Waals surface area contributed by atoms with Gasteiger partial charge in [0.1, 0.15) is 0 Å². The molecule has 3 heterocycles. The van der Waals surface area contributed by atoms with Crippen LogP contribution >= 0.6 is 0 Å². The van der Waals surface area contributed by atoms with Crippen molar-refractivity contribution in [2.75, 3.05) is 48.7 Å². The summed E-state index contributed by atoms with van der Waals surface area (Å²) >= 11 is 0. The molecule has 0 unspecified atom stereocenters. The second-order valence-corrected chi connectivity index (χ2v) is 8.02.